The second-order valence-electron chi connectivity index (χ2n) is 2.01. The average Bonchev–Trinajstić information content (AvgIpc) is 1.64. The zero-order chi connectivity index (χ0) is 6.04. The molecule has 3 heteroatoms. The van der Waals surface area contributed by atoms with E-state index in [-0.39, 0.29) is 0 Å². The SMILES string of the molecule is O=COC1(O)CCC1. The molecule has 3 nitrogen and oxygen atoms in total. The largest absolute Gasteiger partial charge is 0.435 e. The molecule has 0 aromatic rings. The van der Waals surface area contributed by atoms with Crippen molar-refractivity contribution in [3.8, 4) is 0 Å². The summed E-state index contributed by atoms with van der Waals surface area (Å²) in [5.74, 6) is -1.10. The highest BCUT2D eigenvalue weighted by atomic mass is 16.6. The monoisotopic (exact) mass is 116 g/mol. The number of carbonyl (C=O) groups is 1. The first kappa shape index (κ1) is 5.56. The lowest BCUT2D eigenvalue weighted by molar-refractivity contribution is -0.228. The Balaban J connectivity index is 2.29. The van der Waals surface area contributed by atoms with Gasteiger partial charge in [0, 0.05) is 12.8 Å². The minimum atomic E-state index is -1.10. The maximum atomic E-state index is 9.63. The molecule has 1 fully saturated rings. The first-order chi connectivity index (χ1) is 3.77. The molecule has 0 radical (unpaired) electrons. The first-order valence-electron chi connectivity index (χ1n) is 2.61. The molecule has 0 bridgehead atoms. The van der Waals surface area contributed by atoms with E-state index in [0.717, 1.165) is 6.42 Å². The highest BCUT2D eigenvalue weighted by molar-refractivity contribution is 5.38. The van der Waals surface area contributed by atoms with Crippen LogP contribution in [0.4, 0.5) is 0 Å². The quantitative estimate of drug-likeness (QED) is 0.409. The van der Waals surface area contributed by atoms with Gasteiger partial charge in [0.05, 0.1) is 0 Å². The number of hydrogen-bond donors (Lipinski definition) is 1. The Morgan fingerprint density at radius 3 is 2.38 bits per heavy atom. The summed E-state index contributed by atoms with van der Waals surface area (Å²) in [6, 6.07) is 0. The van der Waals surface area contributed by atoms with Crippen molar-refractivity contribution in [3.63, 3.8) is 0 Å². The van der Waals surface area contributed by atoms with Gasteiger partial charge in [-0.05, 0) is 6.42 Å². The Bertz CT molecular complexity index is 95.8. The molecule has 1 rings (SSSR count). The molecule has 1 aliphatic rings. The fraction of sp³-hybridized carbons (Fsp3) is 0.800. The highest BCUT2D eigenvalue weighted by Gasteiger charge is 2.36. The lowest BCUT2D eigenvalue weighted by Crippen LogP contribution is -2.39. The molecular formula is C5H8O3. The molecule has 1 saturated carbocycles. The van der Waals surface area contributed by atoms with E-state index in [1.165, 1.54) is 0 Å². The molecule has 0 aromatic heterocycles. The third-order valence-corrected chi connectivity index (χ3v) is 1.40. The molecule has 0 unspecified atom stereocenters. The molecule has 1 N–H and O–H groups in total. The van der Waals surface area contributed by atoms with Crippen molar-refractivity contribution in [2.75, 3.05) is 0 Å². The fourth-order valence-corrected chi connectivity index (χ4v) is 0.687. The van der Waals surface area contributed by atoms with Crippen LogP contribution in [0.5, 0.6) is 0 Å². The van der Waals surface area contributed by atoms with Crippen LogP contribution in [0.3, 0.4) is 0 Å². The minimum Gasteiger partial charge on any atom is -0.435 e. The molecule has 46 valence electrons. The molecule has 1 aliphatic carbocycles. The smallest absolute Gasteiger partial charge is 0.295 e. The standard InChI is InChI=1S/C5H8O3/c6-4-8-5(7)2-1-3-5/h4,7H,1-3H2. The third-order valence-electron chi connectivity index (χ3n) is 1.40. The van der Waals surface area contributed by atoms with Crippen molar-refractivity contribution in [1.82, 2.24) is 0 Å². The van der Waals surface area contributed by atoms with Crippen LogP contribution in [0.1, 0.15) is 19.3 Å². The minimum absolute atomic E-state index is 0.291. The summed E-state index contributed by atoms with van der Waals surface area (Å²) >= 11 is 0. The second-order valence-corrected chi connectivity index (χ2v) is 2.01. The number of hydrogen-bond acceptors (Lipinski definition) is 3. The summed E-state index contributed by atoms with van der Waals surface area (Å²) in [5, 5.41) is 8.96. The Kier molecular flexibility index (Phi) is 1.21. The topological polar surface area (TPSA) is 46.5 Å². The molecule has 0 saturated heterocycles. The van der Waals surface area contributed by atoms with Crippen molar-refractivity contribution in [3.05, 3.63) is 0 Å². The predicted octanol–water partition coefficient (Wildman–Crippen LogP) is 0.0319. The summed E-state index contributed by atoms with van der Waals surface area (Å²) < 4.78 is 4.34. The van der Waals surface area contributed by atoms with Gasteiger partial charge in [0.2, 0.25) is 5.79 Å². The van der Waals surface area contributed by atoms with Gasteiger partial charge in [-0.15, -0.1) is 0 Å². The van der Waals surface area contributed by atoms with Crippen molar-refractivity contribution in [2.24, 2.45) is 0 Å². The molecule has 0 heterocycles. The van der Waals surface area contributed by atoms with E-state index in [9.17, 15) is 4.79 Å². The van der Waals surface area contributed by atoms with E-state index in [1.54, 1.807) is 0 Å². The van der Waals surface area contributed by atoms with Gasteiger partial charge in [-0.2, -0.15) is 0 Å². The van der Waals surface area contributed by atoms with Gasteiger partial charge in [0.25, 0.3) is 6.47 Å². The maximum Gasteiger partial charge on any atom is 0.295 e. The van der Waals surface area contributed by atoms with Gasteiger partial charge >= 0.3 is 0 Å². The average molecular weight is 116 g/mol. The molecular weight excluding hydrogens is 108 g/mol. The Hall–Kier alpha value is -0.570. The zero-order valence-corrected chi connectivity index (χ0v) is 4.46. The van der Waals surface area contributed by atoms with Gasteiger partial charge in [-0.3, -0.25) is 4.79 Å². The van der Waals surface area contributed by atoms with Crippen LogP contribution in [0.2, 0.25) is 0 Å². The van der Waals surface area contributed by atoms with Crippen LogP contribution in [-0.2, 0) is 9.53 Å². The summed E-state index contributed by atoms with van der Waals surface area (Å²) in [7, 11) is 0. The van der Waals surface area contributed by atoms with E-state index < -0.39 is 5.79 Å². The number of carbonyl (C=O) groups excluding carboxylic acids is 1. The highest BCUT2D eigenvalue weighted by Crippen LogP contribution is 2.31. The maximum absolute atomic E-state index is 9.63. The van der Waals surface area contributed by atoms with E-state index >= 15 is 0 Å². The van der Waals surface area contributed by atoms with Crippen molar-refractivity contribution < 1.29 is 14.6 Å². The van der Waals surface area contributed by atoms with Crippen molar-refractivity contribution in [2.45, 2.75) is 25.0 Å². The number of ether oxygens (including phenoxy) is 1. The van der Waals surface area contributed by atoms with Gasteiger partial charge in [0.1, 0.15) is 0 Å². The van der Waals surface area contributed by atoms with Crippen LogP contribution in [0.15, 0.2) is 0 Å². The Morgan fingerprint density at radius 2 is 2.25 bits per heavy atom. The van der Waals surface area contributed by atoms with Gasteiger partial charge < -0.3 is 9.84 Å². The molecule has 0 atom stereocenters. The van der Waals surface area contributed by atoms with Crippen LogP contribution in [-0.4, -0.2) is 17.4 Å². The normalized spacial score (nSPS) is 23.6. The van der Waals surface area contributed by atoms with Crippen LogP contribution in [0.25, 0.3) is 0 Å². The summed E-state index contributed by atoms with van der Waals surface area (Å²) in [5.41, 5.74) is 0. The van der Waals surface area contributed by atoms with Crippen LogP contribution >= 0.6 is 0 Å². The second kappa shape index (κ2) is 1.74. The Morgan fingerprint density at radius 1 is 1.62 bits per heavy atom. The summed E-state index contributed by atoms with van der Waals surface area (Å²) in [6.45, 7) is 0.291. The van der Waals surface area contributed by atoms with E-state index in [0.29, 0.717) is 19.3 Å². The van der Waals surface area contributed by atoms with Gasteiger partial charge in [-0.25, -0.2) is 0 Å². The van der Waals surface area contributed by atoms with Crippen LogP contribution < -0.4 is 0 Å². The van der Waals surface area contributed by atoms with Crippen molar-refractivity contribution in [1.29, 1.82) is 0 Å². The molecule has 0 spiro atoms. The summed E-state index contributed by atoms with van der Waals surface area (Å²) in [4.78, 5) is 9.63. The molecule has 0 aromatic carbocycles. The van der Waals surface area contributed by atoms with Gasteiger partial charge in [0.15, 0.2) is 0 Å². The Labute approximate surface area is 47.3 Å². The molecule has 8 heavy (non-hydrogen) atoms. The van der Waals surface area contributed by atoms with E-state index in [1.807, 2.05) is 0 Å². The fourth-order valence-electron chi connectivity index (χ4n) is 0.687. The molecule has 0 aliphatic heterocycles. The zero-order valence-electron chi connectivity index (χ0n) is 4.46. The number of rotatable bonds is 2. The summed E-state index contributed by atoms with van der Waals surface area (Å²) in [6.07, 6.45) is 2.13. The van der Waals surface area contributed by atoms with E-state index in [4.69, 9.17) is 5.11 Å². The van der Waals surface area contributed by atoms with Gasteiger partial charge in [-0.1, -0.05) is 0 Å². The first-order valence-corrected chi connectivity index (χ1v) is 2.61. The predicted molar refractivity (Wildman–Crippen MR) is 25.9 cm³/mol. The third kappa shape index (κ3) is 0.816. The number of aliphatic hydroxyl groups is 1. The van der Waals surface area contributed by atoms with Crippen molar-refractivity contribution >= 4 is 6.47 Å². The lowest BCUT2D eigenvalue weighted by atomic mass is 9.92. The molecule has 0 amide bonds. The van der Waals surface area contributed by atoms with E-state index in [2.05, 4.69) is 4.74 Å². The lowest BCUT2D eigenvalue weighted by Gasteiger charge is -2.33. The van der Waals surface area contributed by atoms with Crippen LogP contribution in [0, 0.1) is 0 Å².